The zero-order chi connectivity index (χ0) is 14.9. The van der Waals surface area contributed by atoms with E-state index in [1.165, 1.54) is 24.3 Å². The summed E-state index contributed by atoms with van der Waals surface area (Å²) in [7, 11) is 0. The molecule has 2 rings (SSSR count). The number of phenols is 1. The molecule has 0 aliphatic rings. The minimum absolute atomic E-state index is 0.140. The fraction of sp³-hybridized carbons (Fsp3) is 0.188. The first-order valence-electron chi connectivity index (χ1n) is 6.23. The van der Waals surface area contributed by atoms with Gasteiger partial charge in [0.25, 0.3) is 0 Å². The van der Waals surface area contributed by atoms with Crippen molar-refractivity contribution in [3.05, 3.63) is 53.6 Å². The first kappa shape index (κ1) is 14.2. The number of ketones is 1. The van der Waals surface area contributed by atoms with Crippen molar-refractivity contribution < 1.29 is 18.7 Å². The molecule has 0 aliphatic carbocycles. The van der Waals surface area contributed by atoms with E-state index in [1.807, 2.05) is 0 Å². The molecule has 20 heavy (non-hydrogen) atoms. The van der Waals surface area contributed by atoms with Crippen molar-refractivity contribution in [2.24, 2.45) is 5.92 Å². The highest BCUT2D eigenvalue weighted by Gasteiger charge is 2.17. The SMILES string of the molecule is CC(C)C(=O)c1cc(-c2ccc(F)cc2F)ccc1O. The van der Waals surface area contributed by atoms with Crippen molar-refractivity contribution in [1.29, 1.82) is 0 Å². The van der Waals surface area contributed by atoms with Crippen molar-refractivity contribution in [3.8, 4) is 16.9 Å². The van der Waals surface area contributed by atoms with Gasteiger partial charge in [0.2, 0.25) is 0 Å². The lowest BCUT2D eigenvalue weighted by Gasteiger charge is -2.10. The average molecular weight is 276 g/mol. The average Bonchev–Trinajstić information content (AvgIpc) is 2.39. The number of carbonyl (C=O) groups excluding carboxylic acids is 1. The molecule has 0 spiro atoms. The van der Waals surface area contributed by atoms with Crippen molar-refractivity contribution in [1.82, 2.24) is 0 Å². The molecule has 0 fully saturated rings. The molecule has 0 bridgehead atoms. The summed E-state index contributed by atoms with van der Waals surface area (Å²) in [5.41, 5.74) is 0.745. The Morgan fingerprint density at radius 1 is 1.10 bits per heavy atom. The molecule has 2 nitrogen and oxygen atoms in total. The number of hydrogen-bond acceptors (Lipinski definition) is 2. The fourth-order valence-electron chi connectivity index (χ4n) is 1.94. The third-order valence-corrected chi connectivity index (χ3v) is 3.03. The normalized spacial score (nSPS) is 10.8. The van der Waals surface area contributed by atoms with Crippen LogP contribution in [0.3, 0.4) is 0 Å². The summed E-state index contributed by atoms with van der Waals surface area (Å²) in [5.74, 6) is -2.03. The van der Waals surface area contributed by atoms with Gasteiger partial charge in [-0.25, -0.2) is 8.78 Å². The van der Waals surface area contributed by atoms with Gasteiger partial charge in [-0.3, -0.25) is 4.79 Å². The Labute approximate surface area is 115 Å². The molecule has 4 heteroatoms. The molecule has 1 N–H and O–H groups in total. The van der Waals surface area contributed by atoms with Crippen LogP contribution in [0.4, 0.5) is 8.78 Å². The Morgan fingerprint density at radius 3 is 2.40 bits per heavy atom. The number of hydrogen-bond donors (Lipinski definition) is 1. The monoisotopic (exact) mass is 276 g/mol. The highest BCUT2D eigenvalue weighted by molar-refractivity contribution is 6.00. The number of Topliss-reactive ketones (excluding diaryl/α,β-unsaturated/α-hetero) is 1. The maximum Gasteiger partial charge on any atom is 0.169 e. The van der Waals surface area contributed by atoms with Gasteiger partial charge in [-0.15, -0.1) is 0 Å². The van der Waals surface area contributed by atoms with Crippen molar-refractivity contribution in [3.63, 3.8) is 0 Å². The summed E-state index contributed by atoms with van der Waals surface area (Å²) in [6, 6.07) is 7.49. The van der Waals surface area contributed by atoms with Crippen LogP contribution in [0.5, 0.6) is 5.75 Å². The van der Waals surface area contributed by atoms with Gasteiger partial charge in [0.05, 0.1) is 5.56 Å². The molecule has 0 saturated heterocycles. The predicted octanol–water partition coefficient (Wildman–Crippen LogP) is 4.18. The summed E-state index contributed by atoms with van der Waals surface area (Å²) < 4.78 is 26.6. The van der Waals surface area contributed by atoms with E-state index in [4.69, 9.17) is 0 Å². The van der Waals surface area contributed by atoms with Gasteiger partial charge < -0.3 is 5.11 Å². The van der Waals surface area contributed by atoms with Gasteiger partial charge in [-0.2, -0.15) is 0 Å². The molecule has 104 valence electrons. The zero-order valence-corrected chi connectivity index (χ0v) is 11.2. The largest absolute Gasteiger partial charge is 0.507 e. The summed E-state index contributed by atoms with van der Waals surface area (Å²) in [5, 5.41) is 9.74. The van der Waals surface area contributed by atoms with Crippen LogP contribution in [-0.4, -0.2) is 10.9 Å². The van der Waals surface area contributed by atoms with Crippen molar-refractivity contribution in [2.45, 2.75) is 13.8 Å². The van der Waals surface area contributed by atoms with Crippen LogP contribution < -0.4 is 0 Å². The van der Waals surface area contributed by atoms with E-state index in [-0.39, 0.29) is 28.6 Å². The first-order chi connectivity index (χ1) is 9.40. The summed E-state index contributed by atoms with van der Waals surface area (Å²) in [6.07, 6.45) is 0. The van der Waals surface area contributed by atoms with Gasteiger partial charge in [0, 0.05) is 17.5 Å². The standard InChI is InChI=1S/C16H14F2O2/c1-9(2)16(20)13-7-10(3-6-15(13)19)12-5-4-11(17)8-14(12)18/h3-9,19H,1-2H3. The second-order valence-electron chi connectivity index (χ2n) is 4.88. The lowest BCUT2D eigenvalue weighted by atomic mass is 9.95. The minimum atomic E-state index is -0.710. The van der Waals surface area contributed by atoms with Crippen molar-refractivity contribution >= 4 is 5.78 Å². The van der Waals surface area contributed by atoms with Crippen LogP contribution in [0.1, 0.15) is 24.2 Å². The number of benzene rings is 2. The van der Waals surface area contributed by atoms with Gasteiger partial charge in [0.1, 0.15) is 17.4 Å². The molecule has 0 heterocycles. The van der Waals surface area contributed by atoms with E-state index in [9.17, 15) is 18.7 Å². The Hall–Kier alpha value is -2.23. The lowest BCUT2D eigenvalue weighted by molar-refractivity contribution is 0.0936. The Bertz CT molecular complexity index is 664. The molecule has 0 unspecified atom stereocenters. The minimum Gasteiger partial charge on any atom is -0.507 e. The smallest absolute Gasteiger partial charge is 0.169 e. The summed E-state index contributed by atoms with van der Waals surface area (Å²) in [6.45, 7) is 3.43. The first-order valence-corrected chi connectivity index (χ1v) is 6.23. The topological polar surface area (TPSA) is 37.3 Å². The van der Waals surface area contributed by atoms with E-state index in [2.05, 4.69) is 0 Å². The third-order valence-electron chi connectivity index (χ3n) is 3.03. The Balaban J connectivity index is 2.54. The van der Waals surface area contributed by atoms with Crippen LogP contribution in [0.25, 0.3) is 11.1 Å². The van der Waals surface area contributed by atoms with Gasteiger partial charge in [-0.1, -0.05) is 19.9 Å². The molecular weight excluding hydrogens is 262 g/mol. The second-order valence-corrected chi connectivity index (χ2v) is 4.88. The Morgan fingerprint density at radius 2 is 1.80 bits per heavy atom. The van der Waals surface area contributed by atoms with E-state index < -0.39 is 11.6 Å². The number of halogens is 2. The number of phenolic OH excluding ortho intramolecular Hbond substituents is 1. The molecule has 2 aromatic rings. The van der Waals surface area contributed by atoms with E-state index >= 15 is 0 Å². The maximum atomic E-state index is 13.7. The third kappa shape index (κ3) is 2.69. The second kappa shape index (κ2) is 5.41. The number of aromatic hydroxyl groups is 1. The van der Waals surface area contributed by atoms with Gasteiger partial charge in [-0.05, 0) is 29.8 Å². The molecule has 0 radical (unpaired) electrons. The number of carbonyl (C=O) groups is 1. The van der Waals surface area contributed by atoms with Crippen LogP contribution in [0, 0.1) is 17.6 Å². The van der Waals surface area contributed by atoms with Gasteiger partial charge in [0.15, 0.2) is 5.78 Å². The molecule has 2 aromatic carbocycles. The van der Waals surface area contributed by atoms with E-state index in [0.29, 0.717) is 5.56 Å². The highest BCUT2D eigenvalue weighted by atomic mass is 19.1. The fourth-order valence-corrected chi connectivity index (χ4v) is 1.94. The van der Waals surface area contributed by atoms with Gasteiger partial charge >= 0.3 is 0 Å². The number of rotatable bonds is 3. The van der Waals surface area contributed by atoms with Crippen LogP contribution >= 0.6 is 0 Å². The molecule has 0 saturated carbocycles. The maximum absolute atomic E-state index is 13.7. The van der Waals surface area contributed by atoms with Crippen molar-refractivity contribution in [2.75, 3.05) is 0 Å². The zero-order valence-electron chi connectivity index (χ0n) is 11.2. The summed E-state index contributed by atoms with van der Waals surface area (Å²) in [4.78, 5) is 12.0. The predicted molar refractivity (Wildman–Crippen MR) is 72.6 cm³/mol. The molecule has 0 aromatic heterocycles. The molecule has 0 atom stereocenters. The van der Waals surface area contributed by atoms with Crippen LogP contribution in [0.2, 0.25) is 0 Å². The lowest BCUT2D eigenvalue weighted by Crippen LogP contribution is -2.07. The Kier molecular flexibility index (Phi) is 3.84. The highest BCUT2D eigenvalue weighted by Crippen LogP contribution is 2.29. The summed E-state index contributed by atoms with van der Waals surface area (Å²) >= 11 is 0. The molecule has 0 aliphatic heterocycles. The van der Waals surface area contributed by atoms with E-state index in [0.717, 1.165) is 12.1 Å². The van der Waals surface area contributed by atoms with E-state index in [1.54, 1.807) is 13.8 Å². The molecule has 0 amide bonds. The van der Waals surface area contributed by atoms with Crippen LogP contribution in [0.15, 0.2) is 36.4 Å². The molecular formula is C16H14F2O2. The van der Waals surface area contributed by atoms with Crippen LogP contribution in [-0.2, 0) is 0 Å². The quantitative estimate of drug-likeness (QED) is 0.854.